The summed E-state index contributed by atoms with van der Waals surface area (Å²) in [5.74, 6) is 0.410. The van der Waals surface area contributed by atoms with Gasteiger partial charge < -0.3 is 4.98 Å². The number of thioether (sulfide) groups is 1. The lowest BCUT2D eigenvalue weighted by Gasteiger charge is -2.00. The molecule has 0 fully saturated rings. The van der Waals surface area contributed by atoms with Gasteiger partial charge in [0.2, 0.25) is 0 Å². The Labute approximate surface area is 121 Å². The predicted molar refractivity (Wildman–Crippen MR) is 81.5 cm³/mol. The van der Waals surface area contributed by atoms with Crippen LogP contribution in [0, 0.1) is 19.7 Å². The zero-order chi connectivity index (χ0) is 14.1. The van der Waals surface area contributed by atoms with E-state index in [0.29, 0.717) is 11.3 Å². The van der Waals surface area contributed by atoms with Gasteiger partial charge in [0.15, 0.2) is 5.16 Å². The van der Waals surface area contributed by atoms with Crippen molar-refractivity contribution in [2.75, 3.05) is 0 Å². The number of imidazole rings is 1. The van der Waals surface area contributed by atoms with Gasteiger partial charge in [-0.25, -0.2) is 9.37 Å². The Morgan fingerprint density at radius 1 is 1.15 bits per heavy atom. The molecule has 2 aromatic carbocycles. The monoisotopic (exact) mass is 286 g/mol. The second kappa shape index (κ2) is 5.29. The van der Waals surface area contributed by atoms with Crippen molar-refractivity contribution in [2.24, 2.45) is 0 Å². The molecule has 0 unspecified atom stereocenters. The number of hydrogen-bond acceptors (Lipinski definition) is 2. The Kier molecular flexibility index (Phi) is 3.49. The molecule has 20 heavy (non-hydrogen) atoms. The number of aryl methyl sites for hydroxylation is 2. The quantitative estimate of drug-likeness (QED) is 0.712. The van der Waals surface area contributed by atoms with Crippen molar-refractivity contribution >= 4 is 22.8 Å². The molecule has 0 atom stereocenters. The van der Waals surface area contributed by atoms with Crippen LogP contribution in [0.3, 0.4) is 0 Å². The molecule has 3 rings (SSSR count). The van der Waals surface area contributed by atoms with Gasteiger partial charge in [0, 0.05) is 5.75 Å². The average Bonchev–Trinajstić information content (AvgIpc) is 2.86. The molecule has 0 aliphatic carbocycles. The second-order valence-electron chi connectivity index (χ2n) is 4.83. The van der Waals surface area contributed by atoms with Crippen LogP contribution in [0.4, 0.5) is 4.39 Å². The summed E-state index contributed by atoms with van der Waals surface area (Å²) < 4.78 is 13.6. The van der Waals surface area contributed by atoms with Crippen LogP contribution in [0.2, 0.25) is 0 Å². The molecule has 0 radical (unpaired) electrons. The molecule has 0 saturated heterocycles. The number of aromatic amines is 1. The van der Waals surface area contributed by atoms with E-state index >= 15 is 0 Å². The van der Waals surface area contributed by atoms with Crippen LogP contribution in [0.25, 0.3) is 11.0 Å². The lowest BCUT2D eigenvalue weighted by Crippen LogP contribution is -1.86. The summed E-state index contributed by atoms with van der Waals surface area (Å²) in [6.45, 7) is 4.15. The maximum absolute atomic E-state index is 13.6. The fourth-order valence-electron chi connectivity index (χ4n) is 2.12. The van der Waals surface area contributed by atoms with Gasteiger partial charge in [-0.3, -0.25) is 0 Å². The first-order valence-electron chi connectivity index (χ1n) is 6.47. The van der Waals surface area contributed by atoms with Crippen molar-refractivity contribution in [1.29, 1.82) is 0 Å². The van der Waals surface area contributed by atoms with Crippen molar-refractivity contribution in [3.05, 3.63) is 58.9 Å². The summed E-state index contributed by atoms with van der Waals surface area (Å²) >= 11 is 1.52. The van der Waals surface area contributed by atoms with E-state index in [2.05, 4.69) is 29.9 Å². The van der Waals surface area contributed by atoms with Crippen molar-refractivity contribution in [2.45, 2.75) is 24.8 Å². The molecule has 3 aromatic rings. The average molecular weight is 286 g/mol. The highest BCUT2D eigenvalue weighted by Gasteiger charge is 2.08. The minimum atomic E-state index is -0.164. The van der Waals surface area contributed by atoms with E-state index in [-0.39, 0.29) is 5.82 Å². The van der Waals surface area contributed by atoms with Crippen LogP contribution in [0.5, 0.6) is 0 Å². The van der Waals surface area contributed by atoms with Gasteiger partial charge >= 0.3 is 0 Å². The minimum Gasteiger partial charge on any atom is -0.333 e. The lowest BCUT2D eigenvalue weighted by atomic mass is 10.1. The number of aromatic nitrogens is 2. The first-order valence-corrected chi connectivity index (χ1v) is 7.46. The Bertz CT molecular complexity index is 764. The van der Waals surface area contributed by atoms with Crippen LogP contribution in [0.15, 0.2) is 41.6 Å². The van der Waals surface area contributed by atoms with Gasteiger partial charge in [-0.2, -0.15) is 0 Å². The third-order valence-electron chi connectivity index (χ3n) is 3.48. The first kappa shape index (κ1) is 13.2. The van der Waals surface area contributed by atoms with Crippen LogP contribution < -0.4 is 0 Å². The second-order valence-corrected chi connectivity index (χ2v) is 5.79. The third-order valence-corrected chi connectivity index (χ3v) is 4.40. The van der Waals surface area contributed by atoms with Gasteiger partial charge in [0.05, 0.1) is 11.0 Å². The normalized spacial score (nSPS) is 11.2. The van der Waals surface area contributed by atoms with Crippen molar-refractivity contribution in [3.8, 4) is 0 Å². The number of nitrogens with one attached hydrogen (secondary N) is 1. The van der Waals surface area contributed by atoms with E-state index in [1.807, 2.05) is 12.1 Å². The van der Waals surface area contributed by atoms with E-state index in [1.165, 1.54) is 29.0 Å². The standard InChI is InChI=1S/C16H15FN2S/c1-10-7-8-14-15(11(10)2)19-16(18-14)20-9-12-5-3-4-6-13(12)17/h3-8H,9H2,1-2H3,(H,18,19). The largest absolute Gasteiger partial charge is 0.333 e. The van der Waals surface area contributed by atoms with Crippen LogP contribution in [0.1, 0.15) is 16.7 Å². The van der Waals surface area contributed by atoms with Crippen molar-refractivity contribution in [1.82, 2.24) is 9.97 Å². The highest BCUT2D eigenvalue weighted by atomic mass is 32.2. The van der Waals surface area contributed by atoms with Gasteiger partial charge in [-0.05, 0) is 42.7 Å². The number of benzene rings is 2. The Hall–Kier alpha value is -1.81. The number of fused-ring (bicyclic) bond motifs is 1. The molecule has 102 valence electrons. The number of nitrogens with zero attached hydrogens (tertiary/aromatic N) is 1. The molecule has 1 heterocycles. The summed E-state index contributed by atoms with van der Waals surface area (Å²) in [6.07, 6.45) is 0. The summed E-state index contributed by atoms with van der Waals surface area (Å²) in [6, 6.07) is 11.0. The highest BCUT2D eigenvalue weighted by molar-refractivity contribution is 7.98. The van der Waals surface area contributed by atoms with Gasteiger partial charge in [0.25, 0.3) is 0 Å². The fourth-order valence-corrected chi connectivity index (χ4v) is 2.98. The van der Waals surface area contributed by atoms with E-state index in [1.54, 1.807) is 12.1 Å². The lowest BCUT2D eigenvalue weighted by molar-refractivity contribution is 0.617. The molecule has 0 saturated carbocycles. The number of halogens is 1. The van der Waals surface area contributed by atoms with E-state index < -0.39 is 0 Å². The summed E-state index contributed by atoms with van der Waals surface area (Å²) in [7, 11) is 0. The van der Waals surface area contributed by atoms with E-state index in [4.69, 9.17) is 0 Å². The SMILES string of the molecule is Cc1ccc2[nH]c(SCc3ccccc3F)nc2c1C. The molecule has 1 aromatic heterocycles. The molecule has 0 aliphatic rings. The molecule has 0 aliphatic heterocycles. The maximum atomic E-state index is 13.6. The van der Waals surface area contributed by atoms with Crippen LogP contribution >= 0.6 is 11.8 Å². The molecule has 4 heteroatoms. The number of H-pyrrole nitrogens is 1. The van der Waals surface area contributed by atoms with Crippen LogP contribution in [-0.2, 0) is 5.75 Å². The molecular weight excluding hydrogens is 271 g/mol. The molecule has 1 N–H and O–H groups in total. The fraction of sp³-hybridized carbons (Fsp3) is 0.188. The van der Waals surface area contributed by atoms with E-state index in [9.17, 15) is 4.39 Å². The molecular formula is C16H15FN2S. The summed E-state index contributed by atoms with van der Waals surface area (Å²) in [5.41, 5.74) is 5.15. The Morgan fingerprint density at radius 3 is 2.75 bits per heavy atom. The first-order chi connectivity index (χ1) is 9.65. The summed E-state index contributed by atoms with van der Waals surface area (Å²) in [4.78, 5) is 7.89. The third kappa shape index (κ3) is 2.43. The predicted octanol–water partition coefficient (Wildman–Crippen LogP) is 4.61. The van der Waals surface area contributed by atoms with E-state index in [0.717, 1.165) is 16.2 Å². The number of hydrogen-bond donors (Lipinski definition) is 1. The minimum absolute atomic E-state index is 0.164. The zero-order valence-electron chi connectivity index (χ0n) is 11.4. The highest BCUT2D eigenvalue weighted by Crippen LogP contribution is 2.26. The molecule has 0 bridgehead atoms. The van der Waals surface area contributed by atoms with Crippen molar-refractivity contribution in [3.63, 3.8) is 0 Å². The van der Waals surface area contributed by atoms with Gasteiger partial charge in [0.1, 0.15) is 5.82 Å². The molecule has 0 spiro atoms. The number of rotatable bonds is 3. The van der Waals surface area contributed by atoms with Gasteiger partial charge in [-0.1, -0.05) is 36.0 Å². The molecule has 2 nitrogen and oxygen atoms in total. The summed E-state index contributed by atoms with van der Waals surface area (Å²) in [5, 5.41) is 0.831. The smallest absolute Gasteiger partial charge is 0.166 e. The Balaban J connectivity index is 1.85. The molecule has 0 amide bonds. The Morgan fingerprint density at radius 2 is 1.95 bits per heavy atom. The van der Waals surface area contributed by atoms with Crippen molar-refractivity contribution < 1.29 is 4.39 Å². The topological polar surface area (TPSA) is 28.7 Å². The maximum Gasteiger partial charge on any atom is 0.166 e. The van der Waals surface area contributed by atoms with Crippen LogP contribution in [-0.4, -0.2) is 9.97 Å². The zero-order valence-corrected chi connectivity index (χ0v) is 12.2. The van der Waals surface area contributed by atoms with Gasteiger partial charge in [-0.15, -0.1) is 0 Å².